The van der Waals surface area contributed by atoms with Crippen molar-refractivity contribution in [3.05, 3.63) is 11.7 Å². The molecule has 2 heterocycles. The molecule has 1 N–H and O–H groups in total. The van der Waals surface area contributed by atoms with Gasteiger partial charge in [0, 0.05) is 0 Å². The number of nitrogens with one attached hydrogen (secondary N) is 1. The molecule has 1 atom stereocenters. The number of rotatable bonds is 5. The Kier molecular flexibility index (Phi) is 5.32. The van der Waals surface area contributed by atoms with E-state index in [0.717, 1.165) is 36.2 Å². The van der Waals surface area contributed by atoms with Gasteiger partial charge in [-0.3, -0.25) is 0 Å². The fraction of sp³-hybridized carbons (Fsp3) is 0.833. The smallest absolute Gasteiger partial charge is 0.243 e. The molecule has 1 aliphatic rings. The van der Waals surface area contributed by atoms with Crippen LogP contribution < -0.4 is 5.32 Å². The molecule has 0 saturated carbocycles. The van der Waals surface area contributed by atoms with E-state index in [0.29, 0.717) is 0 Å². The summed E-state index contributed by atoms with van der Waals surface area (Å²) in [6.45, 7) is 3.25. The maximum absolute atomic E-state index is 5.35. The largest absolute Gasteiger partial charge is 0.338 e. The second kappa shape index (κ2) is 7.01. The molecule has 1 aromatic rings. The van der Waals surface area contributed by atoms with E-state index in [-0.39, 0.29) is 6.04 Å². The summed E-state index contributed by atoms with van der Waals surface area (Å²) in [7, 11) is 0. The monoisotopic (exact) mass is 255 g/mol. The molecule has 17 heavy (non-hydrogen) atoms. The predicted octanol–water partition coefficient (Wildman–Crippen LogP) is 2.92. The van der Waals surface area contributed by atoms with Crippen LogP contribution in [0.15, 0.2) is 4.52 Å². The van der Waals surface area contributed by atoms with Gasteiger partial charge in [-0.15, -0.1) is 0 Å². The molecular formula is C12H21N3OS. The van der Waals surface area contributed by atoms with Crippen LogP contribution in [0.4, 0.5) is 0 Å². The zero-order chi connectivity index (χ0) is 11.9. The minimum Gasteiger partial charge on any atom is -0.338 e. The molecule has 2 rings (SSSR count). The van der Waals surface area contributed by atoms with Gasteiger partial charge in [-0.05, 0) is 31.6 Å². The van der Waals surface area contributed by atoms with Crippen LogP contribution in [0.2, 0.25) is 0 Å². The number of hydrogen-bond donors (Lipinski definition) is 1. The number of nitrogens with zero attached hydrogens (tertiary/aromatic N) is 2. The van der Waals surface area contributed by atoms with E-state index >= 15 is 0 Å². The third-order valence-electron chi connectivity index (χ3n) is 2.92. The Balaban J connectivity index is 1.87. The van der Waals surface area contributed by atoms with Gasteiger partial charge in [-0.2, -0.15) is 16.7 Å². The maximum atomic E-state index is 5.35. The molecule has 1 saturated heterocycles. The Morgan fingerprint density at radius 2 is 2.35 bits per heavy atom. The first-order valence-corrected chi connectivity index (χ1v) is 7.69. The van der Waals surface area contributed by atoms with Crippen LogP contribution in [-0.4, -0.2) is 22.4 Å². The molecule has 96 valence electrons. The van der Waals surface area contributed by atoms with E-state index < -0.39 is 0 Å². The topological polar surface area (TPSA) is 51.0 Å². The summed E-state index contributed by atoms with van der Waals surface area (Å²) in [4.78, 5) is 4.49. The lowest BCUT2D eigenvalue weighted by Crippen LogP contribution is -2.20. The van der Waals surface area contributed by atoms with Gasteiger partial charge in [0.25, 0.3) is 0 Å². The van der Waals surface area contributed by atoms with Crippen LogP contribution in [0.1, 0.15) is 56.8 Å². The van der Waals surface area contributed by atoms with E-state index in [1.54, 1.807) is 0 Å². The molecule has 0 amide bonds. The minimum absolute atomic E-state index is 0.273. The first-order valence-electron chi connectivity index (χ1n) is 6.53. The minimum atomic E-state index is 0.273. The quantitative estimate of drug-likeness (QED) is 0.820. The molecule has 1 aliphatic heterocycles. The molecule has 0 radical (unpaired) electrons. The van der Waals surface area contributed by atoms with Crippen molar-refractivity contribution in [2.24, 2.45) is 0 Å². The van der Waals surface area contributed by atoms with Crippen LogP contribution in [0, 0.1) is 0 Å². The van der Waals surface area contributed by atoms with Gasteiger partial charge < -0.3 is 9.84 Å². The highest BCUT2D eigenvalue weighted by Gasteiger charge is 2.19. The summed E-state index contributed by atoms with van der Waals surface area (Å²) in [6.07, 6.45) is 6.12. The summed E-state index contributed by atoms with van der Waals surface area (Å²) in [5.41, 5.74) is 0. The van der Waals surface area contributed by atoms with Gasteiger partial charge in [0.2, 0.25) is 5.89 Å². The molecular weight excluding hydrogens is 234 g/mol. The highest BCUT2D eigenvalue weighted by Crippen LogP contribution is 2.22. The molecule has 4 nitrogen and oxygen atoms in total. The van der Waals surface area contributed by atoms with E-state index in [1.165, 1.54) is 25.7 Å². The fourth-order valence-corrected chi connectivity index (χ4v) is 2.75. The molecule has 1 aromatic heterocycles. The van der Waals surface area contributed by atoms with E-state index in [4.69, 9.17) is 4.52 Å². The zero-order valence-corrected chi connectivity index (χ0v) is 11.3. The first kappa shape index (κ1) is 12.9. The number of thioether (sulfide) groups is 1. The van der Waals surface area contributed by atoms with Crippen molar-refractivity contribution < 1.29 is 4.52 Å². The molecule has 1 unspecified atom stereocenters. The van der Waals surface area contributed by atoms with Crippen molar-refractivity contribution in [1.29, 1.82) is 0 Å². The average Bonchev–Trinajstić information content (AvgIpc) is 2.64. The summed E-state index contributed by atoms with van der Waals surface area (Å²) in [5.74, 6) is 3.64. The third-order valence-corrected chi connectivity index (χ3v) is 4.08. The second-order valence-electron chi connectivity index (χ2n) is 4.46. The van der Waals surface area contributed by atoms with Gasteiger partial charge in [-0.25, -0.2) is 0 Å². The van der Waals surface area contributed by atoms with Crippen LogP contribution in [0.25, 0.3) is 0 Å². The fourth-order valence-electron chi connectivity index (χ4n) is 2.01. The molecule has 1 fully saturated rings. The van der Waals surface area contributed by atoms with E-state index in [1.807, 2.05) is 11.8 Å². The molecule has 0 aromatic carbocycles. The summed E-state index contributed by atoms with van der Waals surface area (Å²) in [5, 5.41) is 7.52. The molecule has 0 bridgehead atoms. The van der Waals surface area contributed by atoms with Gasteiger partial charge in [-0.1, -0.05) is 24.9 Å². The Morgan fingerprint density at radius 3 is 3.24 bits per heavy atom. The number of hydrogen-bond acceptors (Lipinski definition) is 5. The third kappa shape index (κ3) is 4.00. The van der Waals surface area contributed by atoms with Gasteiger partial charge in [0.15, 0.2) is 5.82 Å². The van der Waals surface area contributed by atoms with Gasteiger partial charge in [0.05, 0.1) is 11.8 Å². The standard InChI is InChI=1S/C12H21N3OS/c1-2-8-17-9-11-14-12(16-15-11)10-6-4-3-5-7-13-10/h10,13H,2-9H2,1H3. The molecule has 5 heteroatoms. The average molecular weight is 255 g/mol. The van der Waals surface area contributed by atoms with Gasteiger partial charge in [0.1, 0.15) is 0 Å². The summed E-state index contributed by atoms with van der Waals surface area (Å²) < 4.78 is 5.35. The van der Waals surface area contributed by atoms with Crippen molar-refractivity contribution in [3.63, 3.8) is 0 Å². The highest BCUT2D eigenvalue weighted by molar-refractivity contribution is 7.98. The van der Waals surface area contributed by atoms with Crippen molar-refractivity contribution in [2.75, 3.05) is 12.3 Å². The van der Waals surface area contributed by atoms with Crippen molar-refractivity contribution in [1.82, 2.24) is 15.5 Å². The predicted molar refractivity (Wildman–Crippen MR) is 70.0 cm³/mol. The highest BCUT2D eigenvalue weighted by atomic mass is 32.2. The number of aromatic nitrogens is 2. The lowest BCUT2D eigenvalue weighted by molar-refractivity contribution is 0.325. The Morgan fingerprint density at radius 1 is 1.41 bits per heavy atom. The van der Waals surface area contributed by atoms with Crippen molar-refractivity contribution >= 4 is 11.8 Å². The van der Waals surface area contributed by atoms with Crippen LogP contribution in [-0.2, 0) is 5.75 Å². The Bertz CT molecular complexity index is 321. The van der Waals surface area contributed by atoms with Crippen LogP contribution >= 0.6 is 11.8 Å². The second-order valence-corrected chi connectivity index (χ2v) is 5.56. The molecule has 0 aliphatic carbocycles. The van der Waals surface area contributed by atoms with Crippen molar-refractivity contribution in [2.45, 2.75) is 50.8 Å². The normalized spacial score (nSPS) is 21.4. The SMILES string of the molecule is CCCSCc1noc(C2CCCCCN2)n1. The maximum Gasteiger partial charge on any atom is 0.243 e. The zero-order valence-electron chi connectivity index (χ0n) is 10.4. The lowest BCUT2D eigenvalue weighted by Gasteiger charge is -2.09. The lowest BCUT2D eigenvalue weighted by atomic mass is 10.1. The van der Waals surface area contributed by atoms with Crippen LogP contribution in [0.3, 0.4) is 0 Å². The molecule has 0 spiro atoms. The van der Waals surface area contributed by atoms with Crippen molar-refractivity contribution in [3.8, 4) is 0 Å². The van der Waals surface area contributed by atoms with Gasteiger partial charge >= 0.3 is 0 Å². The summed E-state index contributed by atoms with van der Waals surface area (Å²) >= 11 is 1.87. The van der Waals surface area contributed by atoms with Crippen LogP contribution in [0.5, 0.6) is 0 Å². The Hall–Kier alpha value is -0.550. The van der Waals surface area contributed by atoms with E-state index in [9.17, 15) is 0 Å². The van der Waals surface area contributed by atoms with E-state index in [2.05, 4.69) is 22.4 Å². The Labute approximate surface area is 107 Å². The first-order chi connectivity index (χ1) is 8.40. The summed E-state index contributed by atoms with van der Waals surface area (Å²) in [6, 6.07) is 0.273.